The number of hydrogen-bond acceptors (Lipinski definition) is 2. The summed E-state index contributed by atoms with van der Waals surface area (Å²) in [5.41, 5.74) is 11.8. The van der Waals surface area contributed by atoms with Gasteiger partial charge in [0.15, 0.2) is 0 Å². The molecule has 23 heavy (non-hydrogen) atoms. The Labute approximate surface area is 137 Å². The maximum absolute atomic E-state index is 12.5. The number of carbonyl (C=O) groups excluding carboxylic acids is 1. The van der Waals surface area contributed by atoms with Gasteiger partial charge in [0.05, 0.1) is 5.52 Å². The van der Waals surface area contributed by atoms with E-state index < -0.39 is 0 Å². The average molecular weight is 313 g/mol. The number of aromatic nitrogens is 1. The second kappa shape index (κ2) is 6.36. The Balaban J connectivity index is 1.79. The highest BCUT2D eigenvalue weighted by molar-refractivity contribution is 5.88. The van der Waals surface area contributed by atoms with E-state index in [9.17, 15) is 4.79 Å². The number of hydrogen-bond donors (Lipinski definition) is 3. The zero-order valence-electron chi connectivity index (χ0n) is 14.3. The van der Waals surface area contributed by atoms with Crippen molar-refractivity contribution >= 4 is 16.8 Å². The Hall–Kier alpha value is -1.81. The average Bonchev–Trinajstić information content (AvgIpc) is 3.11. The van der Waals surface area contributed by atoms with E-state index in [-0.39, 0.29) is 11.8 Å². The first-order chi connectivity index (χ1) is 11.0. The molecular weight excluding hydrogens is 286 g/mol. The quantitative estimate of drug-likeness (QED) is 0.811. The second-order valence-electron chi connectivity index (χ2n) is 6.97. The third kappa shape index (κ3) is 3.00. The predicted octanol–water partition coefficient (Wildman–Crippen LogP) is 3.08. The molecule has 4 N–H and O–H groups in total. The number of amides is 1. The van der Waals surface area contributed by atoms with Gasteiger partial charge >= 0.3 is 0 Å². The van der Waals surface area contributed by atoms with Gasteiger partial charge in [0.1, 0.15) is 0 Å². The lowest BCUT2D eigenvalue weighted by Gasteiger charge is -2.17. The summed E-state index contributed by atoms with van der Waals surface area (Å²) in [6.07, 6.45) is 3.17. The van der Waals surface area contributed by atoms with Gasteiger partial charge in [0, 0.05) is 23.5 Å². The van der Waals surface area contributed by atoms with Crippen LogP contribution in [0.2, 0.25) is 0 Å². The summed E-state index contributed by atoms with van der Waals surface area (Å²) in [4.78, 5) is 16.0. The smallest absolute Gasteiger partial charge is 0.223 e. The minimum Gasteiger partial charge on any atom is -0.358 e. The van der Waals surface area contributed by atoms with Crippen LogP contribution in [-0.4, -0.2) is 17.4 Å². The molecule has 1 heterocycles. The number of H-pyrrole nitrogens is 1. The van der Waals surface area contributed by atoms with Gasteiger partial charge < -0.3 is 16.0 Å². The van der Waals surface area contributed by atoms with Crippen LogP contribution in [0.4, 0.5) is 0 Å². The third-order valence-electron chi connectivity index (χ3n) is 5.40. The van der Waals surface area contributed by atoms with Crippen LogP contribution in [0.1, 0.15) is 41.6 Å². The molecule has 1 aliphatic rings. The minimum atomic E-state index is 0.0902. The first-order valence-electron chi connectivity index (χ1n) is 8.57. The summed E-state index contributed by atoms with van der Waals surface area (Å²) in [5, 5.41) is 4.40. The van der Waals surface area contributed by atoms with E-state index in [1.807, 2.05) is 0 Å². The molecule has 1 saturated carbocycles. The maximum Gasteiger partial charge on any atom is 0.223 e. The normalized spacial score (nSPS) is 21.0. The number of fused-ring (bicyclic) bond motifs is 1. The van der Waals surface area contributed by atoms with E-state index in [1.165, 1.54) is 22.2 Å². The highest BCUT2D eigenvalue weighted by atomic mass is 16.1. The number of benzene rings is 1. The lowest BCUT2D eigenvalue weighted by Crippen LogP contribution is -2.34. The summed E-state index contributed by atoms with van der Waals surface area (Å²) in [5.74, 6) is 0.600. The van der Waals surface area contributed by atoms with Gasteiger partial charge in [-0.1, -0.05) is 18.1 Å². The molecule has 1 amide bonds. The van der Waals surface area contributed by atoms with Crippen LogP contribution >= 0.6 is 0 Å². The van der Waals surface area contributed by atoms with Crippen LogP contribution in [0.15, 0.2) is 12.1 Å². The Kier molecular flexibility index (Phi) is 4.44. The lowest BCUT2D eigenvalue weighted by molar-refractivity contribution is -0.126. The largest absolute Gasteiger partial charge is 0.358 e. The number of carbonyl (C=O) groups is 1. The summed E-state index contributed by atoms with van der Waals surface area (Å²) in [6.45, 7) is 7.53. The van der Waals surface area contributed by atoms with Gasteiger partial charge in [-0.3, -0.25) is 4.79 Å². The van der Waals surface area contributed by atoms with Gasteiger partial charge in [0.25, 0.3) is 0 Å². The molecule has 0 spiro atoms. The highest BCUT2D eigenvalue weighted by Crippen LogP contribution is 2.31. The summed E-state index contributed by atoms with van der Waals surface area (Å²) >= 11 is 0. The van der Waals surface area contributed by atoms with Crippen molar-refractivity contribution in [3.63, 3.8) is 0 Å². The molecule has 0 aliphatic heterocycles. The van der Waals surface area contributed by atoms with Crippen molar-refractivity contribution in [2.24, 2.45) is 17.6 Å². The molecule has 1 fully saturated rings. The molecule has 0 unspecified atom stereocenters. The molecule has 2 atom stereocenters. The number of aromatic amines is 1. The van der Waals surface area contributed by atoms with E-state index in [0.717, 1.165) is 30.3 Å². The van der Waals surface area contributed by atoms with Gasteiger partial charge in [0.2, 0.25) is 5.91 Å². The van der Waals surface area contributed by atoms with Crippen molar-refractivity contribution in [1.82, 2.24) is 10.3 Å². The topological polar surface area (TPSA) is 70.9 Å². The second-order valence-corrected chi connectivity index (χ2v) is 6.97. The van der Waals surface area contributed by atoms with Crippen LogP contribution < -0.4 is 11.1 Å². The van der Waals surface area contributed by atoms with E-state index in [0.29, 0.717) is 19.0 Å². The molecule has 124 valence electrons. The number of nitrogens with one attached hydrogen (secondary N) is 2. The van der Waals surface area contributed by atoms with Crippen molar-refractivity contribution < 1.29 is 4.79 Å². The van der Waals surface area contributed by atoms with Crippen molar-refractivity contribution in [2.45, 2.75) is 46.6 Å². The van der Waals surface area contributed by atoms with E-state index in [1.54, 1.807) is 0 Å². The van der Waals surface area contributed by atoms with Gasteiger partial charge in [-0.2, -0.15) is 0 Å². The van der Waals surface area contributed by atoms with Crippen molar-refractivity contribution in [3.8, 4) is 0 Å². The van der Waals surface area contributed by atoms with Crippen LogP contribution in [0, 0.1) is 32.6 Å². The Morgan fingerprint density at radius 2 is 2.09 bits per heavy atom. The van der Waals surface area contributed by atoms with E-state index >= 15 is 0 Å². The van der Waals surface area contributed by atoms with Crippen molar-refractivity contribution in [2.75, 3.05) is 6.54 Å². The molecule has 0 bridgehead atoms. The summed E-state index contributed by atoms with van der Waals surface area (Å²) in [7, 11) is 0. The Morgan fingerprint density at radius 1 is 1.30 bits per heavy atom. The van der Waals surface area contributed by atoms with Crippen LogP contribution in [0.3, 0.4) is 0 Å². The van der Waals surface area contributed by atoms with E-state index in [2.05, 4.69) is 43.2 Å². The first-order valence-corrected chi connectivity index (χ1v) is 8.57. The Bertz CT molecular complexity index is 732. The molecule has 4 heteroatoms. The first kappa shape index (κ1) is 16.1. The zero-order chi connectivity index (χ0) is 16.6. The monoisotopic (exact) mass is 313 g/mol. The number of nitrogens with two attached hydrogens (primary N) is 1. The third-order valence-corrected chi connectivity index (χ3v) is 5.40. The molecule has 1 aliphatic carbocycles. The number of aryl methyl sites for hydroxylation is 3. The molecule has 0 radical (unpaired) electrons. The SMILES string of the molecule is Cc1cc(CNC(=O)[C@@H]2CCC[C@@H]2CN)c2[nH]c(C)c(C)c2c1. The Morgan fingerprint density at radius 3 is 2.83 bits per heavy atom. The van der Waals surface area contributed by atoms with Gasteiger partial charge in [-0.25, -0.2) is 0 Å². The van der Waals surface area contributed by atoms with Crippen LogP contribution in [0.25, 0.3) is 10.9 Å². The molecule has 3 rings (SSSR count). The predicted molar refractivity (Wildman–Crippen MR) is 94.2 cm³/mol. The summed E-state index contributed by atoms with van der Waals surface area (Å²) < 4.78 is 0. The van der Waals surface area contributed by atoms with Crippen LogP contribution in [-0.2, 0) is 11.3 Å². The zero-order valence-corrected chi connectivity index (χ0v) is 14.3. The fourth-order valence-electron chi connectivity index (χ4n) is 3.91. The molecule has 4 nitrogen and oxygen atoms in total. The highest BCUT2D eigenvalue weighted by Gasteiger charge is 2.31. The van der Waals surface area contributed by atoms with Gasteiger partial charge in [-0.05, 0) is 63.3 Å². The standard InChI is InChI=1S/C19H27N3O/c1-11-7-15(18-17(8-11)12(2)13(3)22-18)10-21-19(23)16-6-4-5-14(16)9-20/h7-8,14,16,22H,4-6,9-10,20H2,1-3H3,(H,21,23)/t14-,16-/m1/s1. The van der Waals surface area contributed by atoms with Gasteiger partial charge in [-0.15, -0.1) is 0 Å². The molecule has 2 aromatic rings. The van der Waals surface area contributed by atoms with Crippen molar-refractivity contribution in [1.29, 1.82) is 0 Å². The fourth-order valence-corrected chi connectivity index (χ4v) is 3.91. The molecule has 0 saturated heterocycles. The number of rotatable bonds is 4. The molecular formula is C19H27N3O. The lowest BCUT2D eigenvalue weighted by atomic mass is 9.95. The summed E-state index contributed by atoms with van der Waals surface area (Å²) in [6, 6.07) is 4.37. The maximum atomic E-state index is 12.5. The molecule has 1 aromatic heterocycles. The fraction of sp³-hybridized carbons (Fsp3) is 0.526. The van der Waals surface area contributed by atoms with Crippen LogP contribution in [0.5, 0.6) is 0 Å². The molecule has 1 aromatic carbocycles. The van der Waals surface area contributed by atoms with Crippen molar-refractivity contribution in [3.05, 3.63) is 34.5 Å². The minimum absolute atomic E-state index is 0.0902. The van der Waals surface area contributed by atoms with E-state index in [4.69, 9.17) is 5.73 Å².